The van der Waals surface area contributed by atoms with Gasteiger partial charge in [-0.15, -0.1) is 0 Å². The van der Waals surface area contributed by atoms with Gasteiger partial charge in [0, 0.05) is 19.6 Å². The van der Waals surface area contributed by atoms with Crippen LogP contribution in [0, 0.1) is 5.92 Å². The van der Waals surface area contributed by atoms with Crippen LogP contribution in [0.2, 0.25) is 0 Å². The number of halogens is 5. The Hall–Kier alpha value is -0.920. The van der Waals surface area contributed by atoms with E-state index in [0.717, 1.165) is 7.05 Å². The lowest BCUT2D eigenvalue weighted by molar-refractivity contribution is -0.274. The highest BCUT2D eigenvalue weighted by Gasteiger charge is 2.64. The minimum Gasteiger partial charge on any atom is -0.340 e. The summed E-state index contributed by atoms with van der Waals surface area (Å²) in [5.41, 5.74) is 5.61. The fourth-order valence-corrected chi connectivity index (χ4v) is 1.14. The van der Waals surface area contributed by atoms with E-state index in [0.29, 0.717) is 4.90 Å². The highest BCUT2D eigenvalue weighted by Crippen LogP contribution is 2.36. The van der Waals surface area contributed by atoms with Crippen LogP contribution in [0.4, 0.5) is 22.0 Å². The van der Waals surface area contributed by atoms with Gasteiger partial charge in [0.05, 0.1) is 0 Å². The van der Waals surface area contributed by atoms with Crippen LogP contribution in [-0.4, -0.2) is 42.5 Å². The molecule has 1 atom stereocenters. The summed E-state index contributed by atoms with van der Waals surface area (Å²) in [6.45, 7) is 3.33. The van der Waals surface area contributed by atoms with Crippen molar-refractivity contribution in [3.05, 3.63) is 0 Å². The second-order valence-corrected chi connectivity index (χ2v) is 4.50. The van der Waals surface area contributed by atoms with Crippen molar-refractivity contribution in [2.45, 2.75) is 38.4 Å². The van der Waals surface area contributed by atoms with E-state index in [9.17, 15) is 26.7 Å². The summed E-state index contributed by atoms with van der Waals surface area (Å²) in [5.74, 6) is -7.56. The van der Waals surface area contributed by atoms with E-state index in [4.69, 9.17) is 5.73 Å². The zero-order valence-corrected chi connectivity index (χ0v) is 10.4. The van der Waals surface area contributed by atoms with Crippen molar-refractivity contribution >= 4 is 5.91 Å². The summed E-state index contributed by atoms with van der Waals surface area (Å²) in [5, 5.41) is 0. The van der Waals surface area contributed by atoms with Crippen LogP contribution < -0.4 is 5.73 Å². The zero-order chi connectivity index (χ0) is 14.7. The molecule has 0 aliphatic carbocycles. The Bertz CT molecular complexity index is 290. The Balaban J connectivity index is 4.53. The lowest BCUT2D eigenvalue weighted by Gasteiger charge is -2.26. The first-order valence-electron chi connectivity index (χ1n) is 5.37. The van der Waals surface area contributed by atoms with Gasteiger partial charge in [-0.1, -0.05) is 13.8 Å². The minimum absolute atomic E-state index is 0.0524. The Morgan fingerprint density at radius 3 is 2.00 bits per heavy atom. The molecule has 0 rings (SSSR count). The summed E-state index contributed by atoms with van der Waals surface area (Å²) in [6.07, 6.45) is -5.72. The normalized spacial score (nSPS) is 14.8. The topological polar surface area (TPSA) is 46.3 Å². The lowest BCUT2D eigenvalue weighted by atomic mass is 10.0. The molecule has 18 heavy (non-hydrogen) atoms. The van der Waals surface area contributed by atoms with Crippen molar-refractivity contribution in [1.82, 2.24) is 4.90 Å². The highest BCUT2D eigenvalue weighted by atomic mass is 19.4. The molecule has 0 fully saturated rings. The number of hydrogen-bond donors (Lipinski definition) is 1. The maximum absolute atomic E-state index is 12.7. The van der Waals surface area contributed by atoms with Crippen LogP contribution >= 0.6 is 0 Å². The Labute approximate surface area is 102 Å². The third-order valence-electron chi connectivity index (χ3n) is 2.63. The third-order valence-corrected chi connectivity index (χ3v) is 2.63. The van der Waals surface area contributed by atoms with Gasteiger partial charge in [-0.3, -0.25) is 4.79 Å². The van der Waals surface area contributed by atoms with Crippen LogP contribution in [0.15, 0.2) is 0 Å². The van der Waals surface area contributed by atoms with Gasteiger partial charge in [0.25, 0.3) is 0 Å². The van der Waals surface area contributed by atoms with Crippen molar-refractivity contribution < 1.29 is 26.7 Å². The predicted octanol–water partition coefficient (Wildman–Crippen LogP) is 2.02. The standard InChI is InChI=1S/C10H17F5N2O/c1-6(2)7(16)4-5-17(3)8(18)9(11,12)10(13,14)15/h6-7H,4-5,16H2,1-3H3. The van der Waals surface area contributed by atoms with E-state index < -0.39 is 18.0 Å². The molecule has 0 spiro atoms. The SMILES string of the molecule is CC(C)C(N)CCN(C)C(=O)C(F)(F)C(F)(F)F. The van der Waals surface area contributed by atoms with Crippen molar-refractivity contribution in [1.29, 1.82) is 0 Å². The van der Waals surface area contributed by atoms with Crippen molar-refractivity contribution in [2.24, 2.45) is 11.7 Å². The molecule has 1 unspecified atom stereocenters. The first-order chi connectivity index (χ1) is 7.91. The number of amides is 1. The van der Waals surface area contributed by atoms with Crippen LogP contribution in [0.5, 0.6) is 0 Å². The summed E-state index contributed by atoms with van der Waals surface area (Å²) >= 11 is 0. The van der Waals surface area contributed by atoms with Gasteiger partial charge < -0.3 is 10.6 Å². The molecule has 0 aromatic heterocycles. The second-order valence-electron chi connectivity index (χ2n) is 4.50. The maximum Gasteiger partial charge on any atom is 0.463 e. The molecule has 0 aliphatic rings. The van der Waals surface area contributed by atoms with Crippen molar-refractivity contribution in [2.75, 3.05) is 13.6 Å². The molecule has 0 aromatic carbocycles. The van der Waals surface area contributed by atoms with Gasteiger partial charge in [0.1, 0.15) is 0 Å². The highest BCUT2D eigenvalue weighted by molar-refractivity contribution is 5.84. The Kier molecular flexibility index (Phi) is 5.52. The molecule has 0 saturated heterocycles. The molecule has 0 radical (unpaired) electrons. The monoisotopic (exact) mass is 276 g/mol. The molecule has 0 heterocycles. The van der Waals surface area contributed by atoms with Gasteiger partial charge >= 0.3 is 18.0 Å². The number of carbonyl (C=O) groups is 1. The average Bonchev–Trinajstić information content (AvgIpc) is 2.22. The van der Waals surface area contributed by atoms with E-state index >= 15 is 0 Å². The van der Waals surface area contributed by atoms with Gasteiger partial charge in [-0.2, -0.15) is 22.0 Å². The molecule has 2 N–H and O–H groups in total. The zero-order valence-electron chi connectivity index (χ0n) is 10.4. The summed E-state index contributed by atoms with van der Waals surface area (Å²) in [4.78, 5) is 11.4. The molecule has 1 amide bonds. The Morgan fingerprint density at radius 1 is 1.22 bits per heavy atom. The third kappa shape index (κ3) is 4.08. The minimum atomic E-state index is -5.88. The van der Waals surface area contributed by atoms with Crippen LogP contribution in [0.25, 0.3) is 0 Å². The summed E-state index contributed by atoms with van der Waals surface area (Å²) in [6, 6.07) is -0.361. The van der Waals surface area contributed by atoms with Gasteiger partial charge in [0.2, 0.25) is 0 Å². The number of hydrogen-bond acceptors (Lipinski definition) is 2. The van der Waals surface area contributed by atoms with E-state index in [-0.39, 0.29) is 24.9 Å². The second kappa shape index (κ2) is 5.81. The lowest BCUT2D eigenvalue weighted by Crippen LogP contribution is -2.51. The van der Waals surface area contributed by atoms with E-state index in [1.807, 2.05) is 0 Å². The smallest absolute Gasteiger partial charge is 0.340 e. The molecule has 8 heteroatoms. The van der Waals surface area contributed by atoms with Crippen molar-refractivity contribution in [3.8, 4) is 0 Å². The maximum atomic E-state index is 12.7. The molecule has 3 nitrogen and oxygen atoms in total. The molecular formula is C10H17F5N2O. The molecule has 0 bridgehead atoms. The number of nitrogens with two attached hydrogens (primary N) is 1. The number of rotatable bonds is 5. The van der Waals surface area contributed by atoms with Crippen LogP contribution in [-0.2, 0) is 4.79 Å². The number of carbonyl (C=O) groups excluding carboxylic acids is 1. The van der Waals surface area contributed by atoms with Crippen molar-refractivity contribution in [3.63, 3.8) is 0 Å². The largest absolute Gasteiger partial charge is 0.463 e. The summed E-state index contributed by atoms with van der Waals surface area (Å²) in [7, 11) is 0.898. The number of nitrogens with zero attached hydrogens (tertiary/aromatic N) is 1. The van der Waals surface area contributed by atoms with Crippen LogP contribution in [0.1, 0.15) is 20.3 Å². The van der Waals surface area contributed by atoms with Gasteiger partial charge in [0.15, 0.2) is 0 Å². The predicted molar refractivity (Wildman–Crippen MR) is 56.1 cm³/mol. The fourth-order valence-electron chi connectivity index (χ4n) is 1.14. The average molecular weight is 276 g/mol. The first kappa shape index (κ1) is 17.1. The molecule has 0 saturated carbocycles. The summed E-state index contributed by atoms with van der Waals surface area (Å²) < 4.78 is 61.3. The molecular weight excluding hydrogens is 259 g/mol. The van der Waals surface area contributed by atoms with E-state index in [2.05, 4.69) is 0 Å². The Morgan fingerprint density at radius 2 is 1.67 bits per heavy atom. The molecule has 0 aliphatic heterocycles. The van der Waals surface area contributed by atoms with Gasteiger partial charge in [-0.25, -0.2) is 0 Å². The quantitative estimate of drug-likeness (QED) is 0.781. The number of alkyl halides is 5. The van der Waals surface area contributed by atoms with E-state index in [1.165, 1.54) is 0 Å². The van der Waals surface area contributed by atoms with Gasteiger partial charge in [-0.05, 0) is 12.3 Å². The van der Waals surface area contributed by atoms with E-state index in [1.54, 1.807) is 13.8 Å². The fraction of sp³-hybridized carbons (Fsp3) is 0.900. The first-order valence-corrected chi connectivity index (χ1v) is 5.37. The molecule has 0 aromatic rings. The van der Waals surface area contributed by atoms with Crippen LogP contribution in [0.3, 0.4) is 0 Å². The molecule has 108 valence electrons.